The van der Waals surface area contributed by atoms with E-state index < -0.39 is 0 Å². The molecule has 0 spiro atoms. The second-order valence-electron chi connectivity index (χ2n) is 2.31. The van der Waals surface area contributed by atoms with Crippen molar-refractivity contribution in [2.75, 3.05) is 26.0 Å². The molecule has 0 heterocycles. The van der Waals surface area contributed by atoms with Crippen molar-refractivity contribution in [3.05, 3.63) is 0 Å². The predicted molar refractivity (Wildman–Crippen MR) is 61.0 cm³/mol. The first-order chi connectivity index (χ1) is 6.24. The zero-order valence-electron chi connectivity index (χ0n) is 8.87. The lowest BCUT2D eigenvalue weighted by atomic mass is 10.5. The highest BCUT2D eigenvalue weighted by atomic mass is 31.0. The molecule has 1 atom stereocenters. The summed E-state index contributed by atoms with van der Waals surface area (Å²) in [6.45, 7) is 4.82. The standard InChI is InChI=1S/C3H9OP.2C3H8O/c4-2-1-3-5;2*1-2-3-4/h4H,1-3,5H2;2*4H,2-3H2,1H3. The quantitative estimate of drug-likeness (QED) is 0.610. The third kappa shape index (κ3) is 70.4. The summed E-state index contributed by atoms with van der Waals surface area (Å²) in [5, 5.41) is 23.8. The van der Waals surface area contributed by atoms with Gasteiger partial charge in [0, 0.05) is 19.8 Å². The largest absolute Gasteiger partial charge is 0.396 e. The fraction of sp³-hybridized carbons (Fsp3) is 1.00. The van der Waals surface area contributed by atoms with Crippen LogP contribution in [0.3, 0.4) is 0 Å². The van der Waals surface area contributed by atoms with Gasteiger partial charge in [-0.3, -0.25) is 0 Å². The zero-order chi connectivity index (χ0) is 10.9. The average molecular weight is 212 g/mol. The monoisotopic (exact) mass is 212 g/mol. The lowest BCUT2D eigenvalue weighted by Gasteiger charge is -1.79. The first kappa shape index (κ1) is 19.0. The van der Waals surface area contributed by atoms with E-state index in [2.05, 4.69) is 9.24 Å². The highest BCUT2D eigenvalue weighted by molar-refractivity contribution is 7.16. The molecule has 0 aliphatic heterocycles. The minimum atomic E-state index is 0.319. The first-order valence-corrected chi connectivity index (χ1v) is 5.59. The summed E-state index contributed by atoms with van der Waals surface area (Å²) in [6.07, 6.45) is 3.67. The SMILES string of the molecule is CCCO.CCCO.OCCCP. The van der Waals surface area contributed by atoms with E-state index in [1.807, 2.05) is 13.8 Å². The summed E-state index contributed by atoms with van der Waals surface area (Å²) in [6, 6.07) is 0. The van der Waals surface area contributed by atoms with Gasteiger partial charge in [-0.15, -0.1) is 9.24 Å². The van der Waals surface area contributed by atoms with Crippen molar-refractivity contribution in [1.82, 2.24) is 0 Å². The minimum Gasteiger partial charge on any atom is -0.396 e. The molecule has 84 valence electrons. The summed E-state index contributed by atoms with van der Waals surface area (Å²) in [5.41, 5.74) is 0. The van der Waals surface area contributed by atoms with E-state index in [0.29, 0.717) is 19.8 Å². The average Bonchev–Trinajstić information content (AvgIpc) is 2.20. The Morgan fingerprint density at radius 2 is 1.15 bits per heavy atom. The van der Waals surface area contributed by atoms with Gasteiger partial charge >= 0.3 is 0 Å². The predicted octanol–water partition coefficient (Wildman–Crippen LogP) is 1.02. The van der Waals surface area contributed by atoms with E-state index in [-0.39, 0.29) is 0 Å². The molecule has 0 aromatic carbocycles. The molecule has 0 aliphatic rings. The van der Waals surface area contributed by atoms with Crippen molar-refractivity contribution in [1.29, 1.82) is 0 Å². The second kappa shape index (κ2) is 29.5. The molecule has 0 bridgehead atoms. The van der Waals surface area contributed by atoms with Gasteiger partial charge in [0.25, 0.3) is 0 Å². The van der Waals surface area contributed by atoms with Gasteiger partial charge < -0.3 is 15.3 Å². The van der Waals surface area contributed by atoms with Crippen LogP contribution >= 0.6 is 9.24 Å². The van der Waals surface area contributed by atoms with E-state index in [9.17, 15) is 0 Å². The molecular formula is C9H25O3P. The van der Waals surface area contributed by atoms with E-state index in [1.165, 1.54) is 0 Å². The van der Waals surface area contributed by atoms with Crippen LogP contribution in [0.25, 0.3) is 0 Å². The fourth-order valence-corrected chi connectivity index (χ4v) is 0.274. The van der Waals surface area contributed by atoms with Crippen LogP contribution in [0.15, 0.2) is 0 Å². The molecule has 0 saturated carbocycles. The van der Waals surface area contributed by atoms with Crippen LogP contribution in [-0.4, -0.2) is 41.3 Å². The molecule has 3 nitrogen and oxygen atoms in total. The normalized spacial score (nSPS) is 7.85. The Morgan fingerprint density at radius 3 is 1.15 bits per heavy atom. The molecule has 4 heteroatoms. The first-order valence-electron chi connectivity index (χ1n) is 4.77. The Bertz CT molecular complexity index is 44.1. The number of rotatable bonds is 4. The molecule has 13 heavy (non-hydrogen) atoms. The number of aliphatic hydroxyl groups excluding tert-OH is 3. The van der Waals surface area contributed by atoms with Crippen LogP contribution in [-0.2, 0) is 0 Å². The molecule has 0 aromatic rings. The molecule has 0 aromatic heterocycles. The topological polar surface area (TPSA) is 60.7 Å². The smallest absolute Gasteiger partial charge is 0.0434 e. The van der Waals surface area contributed by atoms with Crippen molar-refractivity contribution >= 4 is 9.24 Å². The molecule has 3 N–H and O–H groups in total. The van der Waals surface area contributed by atoms with Gasteiger partial charge in [-0.1, -0.05) is 13.8 Å². The third-order valence-corrected chi connectivity index (χ3v) is 1.22. The Kier molecular flexibility index (Phi) is 43.0. The van der Waals surface area contributed by atoms with Gasteiger partial charge in [-0.25, -0.2) is 0 Å². The third-order valence-electron chi connectivity index (χ3n) is 0.809. The number of hydrogen-bond acceptors (Lipinski definition) is 3. The van der Waals surface area contributed by atoms with Gasteiger partial charge in [0.05, 0.1) is 0 Å². The van der Waals surface area contributed by atoms with Crippen molar-refractivity contribution in [3.8, 4) is 0 Å². The molecule has 0 rings (SSSR count). The van der Waals surface area contributed by atoms with Crippen LogP contribution in [0.2, 0.25) is 0 Å². The van der Waals surface area contributed by atoms with Crippen LogP contribution in [0.5, 0.6) is 0 Å². The molecule has 1 unspecified atom stereocenters. The zero-order valence-corrected chi connectivity index (χ0v) is 10.0. The summed E-state index contributed by atoms with van der Waals surface area (Å²) < 4.78 is 0. The van der Waals surface area contributed by atoms with E-state index >= 15 is 0 Å². The molecular weight excluding hydrogens is 187 g/mol. The Labute approximate surface area is 84.4 Å². The molecule has 0 aliphatic carbocycles. The summed E-state index contributed by atoms with van der Waals surface area (Å²) in [5.74, 6) is 0. The van der Waals surface area contributed by atoms with Crippen molar-refractivity contribution in [2.24, 2.45) is 0 Å². The van der Waals surface area contributed by atoms with Gasteiger partial charge in [0.15, 0.2) is 0 Å². The molecule has 0 saturated heterocycles. The van der Waals surface area contributed by atoms with Crippen LogP contribution in [0.4, 0.5) is 0 Å². The van der Waals surface area contributed by atoms with Gasteiger partial charge in [0.2, 0.25) is 0 Å². The maximum Gasteiger partial charge on any atom is 0.0434 e. The highest BCUT2D eigenvalue weighted by Crippen LogP contribution is 1.82. The summed E-state index contributed by atoms with van der Waals surface area (Å²) in [4.78, 5) is 0. The molecule has 0 amide bonds. The van der Waals surface area contributed by atoms with Crippen molar-refractivity contribution < 1.29 is 15.3 Å². The fourth-order valence-electron chi connectivity index (χ4n) is 0.0913. The maximum atomic E-state index is 8.05. The molecule has 0 radical (unpaired) electrons. The van der Waals surface area contributed by atoms with Gasteiger partial charge in [0.1, 0.15) is 0 Å². The van der Waals surface area contributed by atoms with Gasteiger partial charge in [-0.2, -0.15) is 0 Å². The van der Waals surface area contributed by atoms with Crippen LogP contribution in [0, 0.1) is 0 Å². The van der Waals surface area contributed by atoms with Crippen LogP contribution < -0.4 is 0 Å². The summed E-state index contributed by atoms with van der Waals surface area (Å²) >= 11 is 0. The lowest BCUT2D eigenvalue weighted by molar-refractivity contribution is 0.294. The Balaban J connectivity index is -0.000000117. The molecule has 0 fully saturated rings. The number of hydrogen-bond donors (Lipinski definition) is 3. The summed E-state index contributed by atoms with van der Waals surface area (Å²) in [7, 11) is 2.54. The highest BCUT2D eigenvalue weighted by Gasteiger charge is 1.69. The van der Waals surface area contributed by atoms with Crippen molar-refractivity contribution in [2.45, 2.75) is 33.1 Å². The van der Waals surface area contributed by atoms with E-state index in [4.69, 9.17) is 15.3 Å². The van der Waals surface area contributed by atoms with Crippen LogP contribution in [0.1, 0.15) is 33.1 Å². The van der Waals surface area contributed by atoms with E-state index in [1.54, 1.807) is 0 Å². The lowest BCUT2D eigenvalue weighted by Crippen LogP contribution is -1.78. The Morgan fingerprint density at radius 1 is 0.846 bits per heavy atom. The number of aliphatic hydroxyl groups is 3. The minimum absolute atomic E-state index is 0.319. The van der Waals surface area contributed by atoms with Crippen molar-refractivity contribution in [3.63, 3.8) is 0 Å². The van der Waals surface area contributed by atoms with Gasteiger partial charge in [-0.05, 0) is 25.4 Å². The Hall–Kier alpha value is 0.310. The van der Waals surface area contributed by atoms with E-state index in [0.717, 1.165) is 25.4 Å². The maximum absolute atomic E-state index is 8.05. The second-order valence-corrected chi connectivity index (χ2v) is 2.89.